The maximum absolute atomic E-state index is 11.9. The zero-order chi connectivity index (χ0) is 14.2. The van der Waals surface area contributed by atoms with Crippen molar-refractivity contribution in [3.05, 3.63) is 23.8 Å². The quantitative estimate of drug-likeness (QED) is 0.497. The van der Waals surface area contributed by atoms with Crippen molar-refractivity contribution in [2.75, 3.05) is 7.05 Å². The average molecular weight is 264 g/mol. The molecule has 0 spiro atoms. The lowest BCUT2D eigenvalue weighted by Crippen LogP contribution is -2.40. The number of carbonyl (C=O) groups excluding carboxylic acids is 3. The zero-order valence-electron chi connectivity index (χ0n) is 10.1. The summed E-state index contributed by atoms with van der Waals surface area (Å²) in [5, 5.41) is 21.1. The highest BCUT2D eigenvalue weighted by atomic mass is 16.3. The number of carbonyl (C=O) groups is 3. The molecule has 7 heteroatoms. The Morgan fingerprint density at radius 3 is 2.63 bits per heavy atom. The molecule has 0 bridgehead atoms. The molecule has 1 aromatic rings. The van der Waals surface area contributed by atoms with Crippen molar-refractivity contribution in [2.24, 2.45) is 0 Å². The van der Waals surface area contributed by atoms with E-state index >= 15 is 0 Å². The molecule has 1 atom stereocenters. The van der Waals surface area contributed by atoms with E-state index in [0.717, 1.165) is 17.0 Å². The summed E-state index contributed by atoms with van der Waals surface area (Å²) < 4.78 is 0. The van der Waals surface area contributed by atoms with Gasteiger partial charge in [-0.1, -0.05) is 0 Å². The third-order valence-electron chi connectivity index (χ3n) is 2.91. The maximum atomic E-state index is 11.9. The number of phenolic OH excluding ortho intramolecular Hbond substituents is 2. The number of imide groups is 1. The van der Waals surface area contributed by atoms with Gasteiger partial charge in [-0.3, -0.25) is 19.3 Å². The number of hydrogen-bond donors (Lipinski definition) is 3. The fourth-order valence-electron chi connectivity index (χ4n) is 1.81. The highest BCUT2D eigenvalue weighted by Crippen LogP contribution is 2.22. The molecule has 100 valence electrons. The second kappa shape index (κ2) is 4.60. The van der Waals surface area contributed by atoms with Crippen molar-refractivity contribution in [2.45, 2.75) is 12.5 Å². The van der Waals surface area contributed by atoms with Gasteiger partial charge in [0, 0.05) is 7.05 Å². The summed E-state index contributed by atoms with van der Waals surface area (Å²) in [5.41, 5.74) is -0.158. The standard InChI is InChI=1S/C12H12N2O5/c1-14-10(17)5-8(12(14)19)13-11(18)7-4-6(15)2-3-9(7)16/h2-4,8,15-16H,5H2,1H3,(H,13,18). The van der Waals surface area contributed by atoms with Gasteiger partial charge in [0.2, 0.25) is 5.91 Å². The largest absolute Gasteiger partial charge is 0.508 e. The summed E-state index contributed by atoms with van der Waals surface area (Å²) in [7, 11) is 1.34. The van der Waals surface area contributed by atoms with Crippen molar-refractivity contribution in [3.8, 4) is 11.5 Å². The van der Waals surface area contributed by atoms with Crippen LogP contribution in [0.25, 0.3) is 0 Å². The van der Waals surface area contributed by atoms with E-state index in [2.05, 4.69) is 5.32 Å². The van der Waals surface area contributed by atoms with Crippen molar-refractivity contribution < 1.29 is 24.6 Å². The van der Waals surface area contributed by atoms with Crippen LogP contribution in [0.5, 0.6) is 11.5 Å². The SMILES string of the molecule is CN1C(=O)CC(NC(=O)c2cc(O)ccc2O)C1=O. The smallest absolute Gasteiger partial charge is 0.255 e. The Hall–Kier alpha value is -2.57. The Balaban J connectivity index is 2.16. The van der Waals surface area contributed by atoms with E-state index in [1.807, 2.05) is 0 Å². The van der Waals surface area contributed by atoms with Gasteiger partial charge in [0.05, 0.1) is 12.0 Å². The molecule has 0 aliphatic carbocycles. The Morgan fingerprint density at radius 2 is 2.05 bits per heavy atom. The molecule has 1 heterocycles. The lowest BCUT2D eigenvalue weighted by Gasteiger charge is -2.12. The van der Waals surface area contributed by atoms with Crippen LogP contribution in [0.1, 0.15) is 16.8 Å². The number of likely N-dealkylation sites (tertiary alicyclic amines) is 1. The molecular weight excluding hydrogens is 252 g/mol. The highest BCUT2D eigenvalue weighted by molar-refractivity contribution is 6.08. The summed E-state index contributed by atoms with van der Waals surface area (Å²) in [6.45, 7) is 0. The second-order valence-electron chi connectivity index (χ2n) is 4.22. The fraction of sp³-hybridized carbons (Fsp3) is 0.250. The third kappa shape index (κ3) is 2.35. The van der Waals surface area contributed by atoms with E-state index in [-0.39, 0.29) is 29.4 Å². The van der Waals surface area contributed by atoms with Gasteiger partial charge in [-0.2, -0.15) is 0 Å². The molecule has 0 radical (unpaired) electrons. The van der Waals surface area contributed by atoms with E-state index in [9.17, 15) is 24.6 Å². The maximum Gasteiger partial charge on any atom is 0.255 e. The van der Waals surface area contributed by atoms with Crippen LogP contribution in [-0.4, -0.2) is 45.9 Å². The van der Waals surface area contributed by atoms with Gasteiger partial charge in [-0.15, -0.1) is 0 Å². The van der Waals surface area contributed by atoms with Crippen LogP contribution in [0.2, 0.25) is 0 Å². The number of aromatic hydroxyl groups is 2. The second-order valence-corrected chi connectivity index (χ2v) is 4.22. The summed E-state index contributed by atoms with van der Waals surface area (Å²) in [6, 6.07) is 2.53. The van der Waals surface area contributed by atoms with Crippen molar-refractivity contribution in [1.29, 1.82) is 0 Å². The molecule has 0 saturated carbocycles. The molecule has 0 aromatic heterocycles. The predicted molar refractivity (Wildman–Crippen MR) is 63.4 cm³/mol. The molecule has 3 amide bonds. The minimum atomic E-state index is -0.938. The lowest BCUT2D eigenvalue weighted by molar-refractivity contribution is -0.137. The van der Waals surface area contributed by atoms with Gasteiger partial charge in [-0.05, 0) is 18.2 Å². The van der Waals surface area contributed by atoms with Gasteiger partial charge in [-0.25, -0.2) is 0 Å². The van der Waals surface area contributed by atoms with Crippen LogP contribution >= 0.6 is 0 Å². The first-order chi connectivity index (χ1) is 8.90. The van der Waals surface area contributed by atoms with E-state index in [1.165, 1.54) is 13.1 Å². The molecular formula is C12H12N2O5. The number of phenols is 2. The van der Waals surface area contributed by atoms with Crippen LogP contribution < -0.4 is 5.32 Å². The Morgan fingerprint density at radius 1 is 1.37 bits per heavy atom. The Kier molecular flexibility index (Phi) is 3.12. The van der Waals surface area contributed by atoms with Crippen LogP contribution in [0.3, 0.4) is 0 Å². The van der Waals surface area contributed by atoms with E-state index in [0.29, 0.717) is 0 Å². The third-order valence-corrected chi connectivity index (χ3v) is 2.91. The number of hydrogen-bond acceptors (Lipinski definition) is 5. The molecule has 2 rings (SSSR count). The molecule has 1 fully saturated rings. The van der Waals surface area contributed by atoms with Gasteiger partial charge < -0.3 is 15.5 Å². The first kappa shape index (κ1) is 12.9. The number of nitrogens with one attached hydrogen (secondary N) is 1. The van der Waals surface area contributed by atoms with Crippen LogP contribution in [0.4, 0.5) is 0 Å². The lowest BCUT2D eigenvalue weighted by atomic mass is 10.1. The van der Waals surface area contributed by atoms with Crippen LogP contribution in [0.15, 0.2) is 18.2 Å². The van der Waals surface area contributed by atoms with Crippen LogP contribution in [0, 0.1) is 0 Å². The average Bonchev–Trinajstić information content (AvgIpc) is 2.60. The first-order valence-electron chi connectivity index (χ1n) is 5.53. The minimum Gasteiger partial charge on any atom is -0.508 e. The molecule has 1 unspecified atom stereocenters. The summed E-state index contributed by atoms with van der Waals surface area (Å²) in [6.07, 6.45) is -0.110. The number of nitrogens with zero attached hydrogens (tertiary/aromatic N) is 1. The Labute approximate surface area is 108 Å². The van der Waals surface area contributed by atoms with Crippen molar-refractivity contribution in [1.82, 2.24) is 10.2 Å². The molecule has 3 N–H and O–H groups in total. The topological polar surface area (TPSA) is 107 Å². The van der Waals surface area contributed by atoms with Crippen molar-refractivity contribution >= 4 is 17.7 Å². The molecule has 1 saturated heterocycles. The van der Waals surface area contributed by atoms with Crippen molar-refractivity contribution in [3.63, 3.8) is 0 Å². The normalized spacial score (nSPS) is 18.8. The fourth-order valence-corrected chi connectivity index (χ4v) is 1.81. The van der Waals surface area contributed by atoms with E-state index in [4.69, 9.17) is 0 Å². The van der Waals surface area contributed by atoms with Gasteiger partial charge in [0.1, 0.15) is 17.5 Å². The minimum absolute atomic E-state index is 0.110. The molecule has 7 nitrogen and oxygen atoms in total. The van der Waals surface area contributed by atoms with Gasteiger partial charge in [0.15, 0.2) is 0 Å². The van der Waals surface area contributed by atoms with Crippen LogP contribution in [-0.2, 0) is 9.59 Å². The Bertz CT molecular complexity index is 569. The summed E-state index contributed by atoms with van der Waals surface area (Å²) in [4.78, 5) is 35.7. The molecule has 1 aliphatic heterocycles. The number of benzene rings is 1. The summed E-state index contributed by atoms with van der Waals surface area (Å²) >= 11 is 0. The molecule has 19 heavy (non-hydrogen) atoms. The first-order valence-corrected chi connectivity index (χ1v) is 5.53. The molecule has 1 aromatic carbocycles. The summed E-state index contributed by atoms with van der Waals surface area (Å²) in [5.74, 6) is -2.11. The predicted octanol–water partition coefficient (Wildman–Crippen LogP) is -0.415. The van der Waals surface area contributed by atoms with Gasteiger partial charge in [0.25, 0.3) is 11.8 Å². The highest BCUT2D eigenvalue weighted by Gasteiger charge is 2.37. The number of rotatable bonds is 2. The number of amides is 3. The zero-order valence-corrected chi connectivity index (χ0v) is 10.1. The van der Waals surface area contributed by atoms with E-state index in [1.54, 1.807) is 0 Å². The van der Waals surface area contributed by atoms with E-state index < -0.39 is 17.9 Å². The van der Waals surface area contributed by atoms with Gasteiger partial charge >= 0.3 is 0 Å². The monoisotopic (exact) mass is 264 g/mol. The molecule has 1 aliphatic rings. The number of likely N-dealkylation sites (N-methyl/N-ethyl adjacent to an activating group) is 1.